The summed E-state index contributed by atoms with van der Waals surface area (Å²) >= 11 is 0. The van der Waals surface area contributed by atoms with Gasteiger partial charge >= 0.3 is 6.09 Å². The maximum absolute atomic E-state index is 11.5. The molecule has 0 bridgehead atoms. The molecule has 1 aromatic rings. The van der Waals surface area contributed by atoms with Crippen molar-refractivity contribution in [2.45, 2.75) is 65.1 Å². The van der Waals surface area contributed by atoms with Crippen LogP contribution < -0.4 is 10.1 Å². The number of carboxylic acid groups (broad SMARTS) is 1. The van der Waals surface area contributed by atoms with Gasteiger partial charge in [-0.3, -0.25) is 0 Å². The summed E-state index contributed by atoms with van der Waals surface area (Å²) in [5, 5.41) is 13.2. The van der Waals surface area contributed by atoms with E-state index in [2.05, 4.69) is 39.1 Å². The van der Waals surface area contributed by atoms with Gasteiger partial charge in [-0.2, -0.15) is 0 Å². The zero-order valence-corrected chi connectivity index (χ0v) is 16.6. The number of amides is 1. The van der Waals surface area contributed by atoms with Gasteiger partial charge in [-0.25, -0.2) is 4.79 Å². The number of rotatable bonds is 5. The third-order valence-corrected chi connectivity index (χ3v) is 5.99. The Morgan fingerprint density at radius 2 is 2.04 bits per heavy atom. The number of hydrogen-bond donors (Lipinski definition) is 2. The van der Waals surface area contributed by atoms with Crippen LogP contribution in [0.2, 0.25) is 0 Å². The van der Waals surface area contributed by atoms with Crippen molar-refractivity contribution in [3.63, 3.8) is 0 Å². The van der Waals surface area contributed by atoms with E-state index in [1.54, 1.807) is 12.0 Å². The first-order chi connectivity index (χ1) is 12.2. The number of hydrogen-bond acceptors (Lipinski definition) is 3. The number of carbonyl (C=O) groups is 1. The second-order valence-corrected chi connectivity index (χ2v) is 9.23. The fourth-order valence-corrected chi connectivity index (χ4v) is 5.35. The topological polar surface area (TPSA) is 61.8 Å². The molecule has 1 saturated carbocycles. The van der Waals surface area contributed by atoms with Crippen molar-refractivity contribution < 1.29 is 14.6 Å². The van der Waals surface area contributed by atoms with Crippen LogP contribution in [0.15, 0.2) is 24.3 Å². The van der Waals surface area contributed by atoms with Crippen LogP contribution in [0.5, 0.6) is 5.75 Å². The van der Waals surface area contributed by atoms with Crippen LogP contribution >= 0.6 is 0 Å². The fourth-order valence-electron chi connectivity index (χ4n) is 5.35. The quantitative estimate of drug-likeness (QED) is 0.839. The Kier molecular flexibility index (Phi) is 4.95. The SMILES string of the molecule is COc1ccccc1CC(C)NC1CC2(C1)CN(C(=O)O)C2C(C)(C)C. The van der Waals surface area contributed by atoms with E-state index in [0.29, 0.717) is 18.6 Å². The predicted octanol–water partition coefficient (Wildman–Crippen LogP) is 3.77. The zero-order valence-electron chi connectivity index (χ0n) is 16.6. The van der Waals surface area contributed by atoms with E-state index in [1.807, 2.05) is 18.2 Å². The Morgan fingerprint density at radius 1 is 1.38 bits per heavy atom. The Labute approximate surface area is 156 Å². The minimum Gasteiger partial charge on any atom is -0.496 e. The van der Waals surface area contributed by atoms with Gasteiger partial charge in [0.2, 0.25) is 0 Å². The summed E-state index contributed by atoms with van der Waals surface area (Å²) in [6.07, 6.45) is 2.28. The van der Waals surface area contributed by atoms with E-state index in [1.165, 1.54) is 5.56 Å². The lowest BCUT2D eigenvalue weighted by Crippen LogP contribution is -2.76. The van der Waals surface area contributed by atoms with Crippen LogP contribution in [0.4, 0.5) is 4.79 Å². The van der Waals surface area contributed by atoms with E-state index in [4.69, 9.17) is 4.74 Å². The van der Waals surface area contributed by atoms with Crippen LogP contribution in [-0.2, 0) is 6.42 Å². The van der Waals surface area contributed by atoms with Gasteiger partial charge in [0.05, 0.1) is 7.11 Å². The van der Waals surface area contributed by atoms with E-state index in [9.17, 15) is 9.90 Å². The molecule has 2 atom stereocenters. The van der Waals surface area contributed by atoms with E-state index in [0.717, 1.165) is 25.0 Å². The number of nitrogens with zero attached hydrogens (tertiary/aromatic N) is 1. The molecule has 1 heterocycles. The van der Waals surface area contributed by atoms with Crippen LogP contribution in [0.1, 0.15) is 46.1 Å². The van der Waals surface area contributed by atoms with Gasteiger partial charge in [0.25, 0.3) is 0 Å². The largest absolute Gasteiger partial charge is 0.496 e. The second kappa shape index (κ2) is 6.76. The van der Waals surface area contributed by atoms with Crippen LogP contribution in [0.3, 0.4) is 0 Å². The predicted molar refractivity (Wildman–Crippen MR) is 103 cm³/mol. The first-order valence-electron chi connectivity index (χ1n) is 9.54. The normalized spacial score (nSPS) is 29.0. The van der Waals surface area contributed by atoms with Gasteiger partial charge < -0.3 is 20.1 Å². The lowest BCUT2D eigenvalue weighted by molar-refractivity contribution is -0.162. The zero-order chi connectivity index (χ0) is 19.1. The summed E-state index contributed by atoms with van der Waals surface area (Å²) in [4.78, 5) is 13.1. The Bertz CT molecular complexity index is 661. The van der Waals surface area contributed by atoms with Crippen molar-refractivity contribution in [2.24, 2.45) is 10.8 Å². The highest BCUT2D eigenvalue weighted by molar-refractivity contribution is 5.67. The molecule has 0 radical (unpaired) electrons. The summed E-state index contributed by atoms with van der Waals surface area (Å²) in [7, 11) is 1.71. The molecule has 144 valence electrons. The molecule has 1 aromatic carbocycles. The van der Waals surface area contributed by atoms with E-state index >= 15 is 0 Å². The lowest BCUT2D eigenvalue weighted by Gasteiger charge is -2.67. The molecule has 5 heteroatoms. The minimum absolute atomic E-state index is 0.0232. The van der Waals surface area contributed by atoms with Gasteiger partial charge in [0.1, 0.15) is 5.75 Å². The first kappa shape index (κ1) is 19.0. The average molecular weight is 360 g/mol. The molecule has 2 N–H and O–H groups in total. The molecule has 1 aliphatic heterocycles. The highest BCUT2D eigenvalue weighted by Gasteiger charge is 2.64. The first-order valence-corrected chi connectivity index (χ1v) is 9.54. The van der Waals surface area contributed by atoms with Gasteiger partial charge in [-0.05, 0) is 43.2 Å². The molecule has 0 aromatic heterocycles. The molecule has 1 spiro atoms. The lowest BCUT2D eigenvalue weighted by atomic mass is 9.50. The van der Waals surface area contributed by atoms with Gasteiger partial charge in [-0.1, -0.05) is 39.0 Å². The number of para-hydroxylation sites is 1. The molecule has 3 rings (SSSR count). The van der Waals surface area contributed by atoms with Crippen molar-refractivity contribution in [3.8, 4) is 5.75 Å². The number of methoxy groups -OCH3 is 1. The van der Waals surface area contributed by atoms with Gasteiger partial charge in [0, 0.05) is 30.1 Å². The van der Waals surface area contributed by atoms with Crippen LogP contribution in [0.25, 0.3) is 0 Å². The number of benzene rings is 1. The summed E-state index contributed by atoms with van der Waals surface area (Å²) in [6.45, 7) is 9.35. The summed E-state index contributed by atoms with van der Waals surface area (Å²) in [6, 6.07) is 9.11. The number of nitrogens with one attached hydrogen (secondary N) is 1. The Hall–Kier alpha value is -1.75. The number of likely N-dealkylation sites (tertiary alicyclic amines) is 1. The third kappa shape index (κ3) is 3.41. The van der Waals surface area contributed by atoms with Crippen molar-refractivity contribution in [1.29, 1.82) is 0 Å². The van der Waals surface area contributed by atoms with Crippen molar-refractivity contribution in [1.82, 2.24) is 10.2 Å². The summed E-state index contributed by atoms with van der Waals surface area (Å²) in [5.41, 5.74) is 1.36. The summed E-state index contributed by atoms with van der Waals surface area (Å²) < 4.78 is 5.45. The molecule has 26 heavy (non-hydrogen) atoms. The fraction of sp³-hybridized carbons (Fsp3) is 0.667. The number of ether oxygens (including phenoxy) is 1. The highest BCUT2D eigenvalue weighted by atomic mass is 16.5. The Morgan fingerprint density at radius 3 is 2.62 bits per heavy atom. The standard InChI is InChI=1S/C21H32N2O3/c1-14(10-15-8-6-7-9-17(15)26-5)22-16-11-21(12-16)13-23(19(24)25)18(21)20(2,3)4/h6-9,14,16,18,22H,10-13H2,1-5H3,(H,24,25). The minimum atomic E-state index is -0.781. The molecule has 1 aliphatic carbocycles. The smallest absolute Gasteiger partial charge is 0.407 e. The van der Waals surface area contributed by atoms with Crippen molar-refractivity contribution in [2.75, 3.05) is 13.7 Å². The second-order valence-electron chi connectivity index (χ2n) is 9.23. The van der Waals surface area contributed by atoms with Crippen LogP contribution in [-0.4, -0.2) is 47.9 Å². The van der Waals surface area contributed by atoms with E-state index < -0.39 is 6.09 Å². The molecule has 5 nitrogen and oxygen atoms in total. The molecule has 2 aliphatic rings. The maximum atomic E-state index is 11.5. The molecular formula is C21H32N2O3. The van der Waals surface area contributed by atoms with Crippen molar-refractivity contribution >= 4 is 6.09 Å². The third-order valence-electron chi connectivity index (χ3n) is 5.99. The average Bonchev–Trinajstić information content (AvgIpc) is 2.47. The highest BCUT2D eigenvalue weighted by Crippen LogP contribution is 2.58. The maximum Gasteiger partial charge on any atom is 0.407 e. The molecule has 2 fully saturated rings. The molecular weight excluding hydrogens is 328 g/mol. The summed E-state index contributed by atoms with van der Waals surface area (Å²) in [5.74, 6) is 0.940. The van der Waals surface area contributed by atoms with Crippen LogP contribution in [0, 0.1) is 10.8 Å². The van der Waals surface area contributed by atoms with Gasteiger partial charge in [0.15, 0.2) is 0 Å². The monoisotopic (exact) mass is 360 g/mol. The molecule has 1 amide bonds. The van der Waals surface area contributed by atoms with Crippen molar-refractivity contribution in [3.05, 3.63) is 29.8 Å². The Balaban J connectivity index is 1.56. The van der Waals surface area contributed by atoms with Gasteiger partial charge in [-0.15, -0.1) is 0 Å². The van der Waals surface area contributed by atoms with E-state index in [-0.39, 0.29) is 16.9 Å². The molecule has 2 unspecified atom stereocenters. The molecule has 1 saturated heterocycles.